The molecule has 0 spiro atoms. The van der Waals surface area contributed by atoms with Crippen LogP contribution in [0.4, 0.5) is 0 Å². The van der Waals surface area contributed by atoms with Crippen LogP contribution in [0.3, 0.4) is 0 Å². The molecule has 0 unspecified atom stereocenters. The lowest BCUT2D eigenvalue weighted by atomic mass is 9.26. The molecule has 2 saturated carbocycles. The summed E-state index contributed by atoms with van der Waals surface area (Å²) in [6.07, 6.45) is 2.44. The summed E-state index contributed by atoms with van der Waals surface area (Å²) in [4.78, 5) is 0. The second-order valence-corrected chi connectivity index (χ2v) is 6.75. The van der Waals surface area contributed by atoms with Crippen molar-refractivity contribution in [2.45, 2.75) is 30.6 Å². The topological polar surface area (TPSA) is 20.2 Å². The molecule has 2 aromatic rings. The van der Waals surface area contributed by atoms with Crippen molar-refractivity contribution in [3.8, 4) is 0 Å². The van der Waals surface area contributed by atoms with Gasteiger partial charge in [0.2, 0.25) is 0 Å². The zero-order chi connectivity index (χ0) is 14.5. The Hall–Kier alpha value is -1.60. The minimum absolute atomic E-state index is 0.143. The zero-order valence-corrected chi connectivity index (χ0v) is 12.5. The highest BCUT2D eigenvalue weighted by Gasteiger charge is 2.75. The van der Waals surface area contributed by atoms with Crippen molar-refractivity contribution in [1.29, 1.82) is 0 Å². The van der Waals surface area contributed by atoms with Crippen molar-refractivity contribution < 1.29 is 5.11 Å². The average molecular weight is 278 g/mol. The summed E-state index contributed by atoms with van der Waals surface area (Å²) in [7, 11) is 0. The van der Waals surface area contributed by atoms with Gasteiger partial charge < -0.3 is 5.11 Å². The van der Waals surface area contributed by atoms with Crippen LogP contribution in [0.15, 0.2) is 60.7 Å². The van der Waals surface area contributed by atoms with Gasteiger partial charge in [-0.3, -0.25) is 0 Å². The second-order valence-electron chi connectivity index (χ2n) is 6.75. The molecule has 0 saturated heterocycles. The lowest BCUT2D eigenvalue weighted by Gasteiger charge is -2.77. The van der Waals surface area contributed by atoms with Gasteiger partial charge in [-0.15, -0.1) is 0 Å². The number of aliphatic hydroxyl groups is 1. The summed E-state index contributed by atoms with van der Waals surface area (Å²) < 4.78 is 0. The van der Waals surface area contributed by atoms with E-state index in [1.807, 2.05) is 0 Å². The standard InChI is InChI=1S/C20H22O/c1-15-18(14-21)20(17-10-6-3-7-11-17)13-12-19(15,20)16-8-4-2-5-9-16/h2-11,15,18,21H,12-14H2,1H3/t15-,18+,19+,20+/m0/s1. The molecule has 0 aliphatic heterocycles. The normalized spacial score (nSPS) is 37.2. The van der Waals surface area contributed by atoms with Crippen LogP contribution >= 0.6 is 0 Å². The number of benzene rings is 2. The van der Waals surface area contributed by atoms with Gasteiger partial charge in [0.05, 0.1) is 0 Å². The van der Waals surface area contributed by atoms with Crippen molar-refractivity contribution in [2.24, 2.45) is 11.8 Å². The molecule has 2 aliphatic carbocycles. The SMILES string of the molecule is C[C@H]1[C@@H](CO)[C@]2(c3ccccc3)CC[C@]12c1ccccc1. The van der Waals surface area contributed by atoms with Crippen LogP contribution in [0, 0.1) is 11.8 Å². The van der Waals surface area contributed by atoms with E-state index in [0.717, 1.165) is 0 Å². The Morgan fingerprint density at radius 2 is 1.33 bits per heavy atom. The first-order valence-electron chi connectivity index (χ1n) is 7.99. The maximum atomic E-state index is 9.97. The van der Waals surface area contributed by atoms with Crippen LogP contribution in [0.5, 0.6) is 0 Å². The van der Waals surface area contributed by atoms with Crippen LogP contribution < -0.4 is 0 Å². The van der Waals surface area contributed by atoms with E-state index in [1.54, 1.807) is 0 Å². The molecule has 1 heteroatoms. The molecular weight excluding hydrogens is 256 g/mol. The highest BCUT2D eigenvalue weighted by atomic mass is 16.3. The molecule has 1 N–H and O–H groups in total. The van der Waals surface area contributed by atoms with Crippen LogP contribution in [0.25, 0.3) is 0 Å². The molecule has 0 radical (unpaired) electrons. The Bertz CT molecular complexity index is 635. The van der Waals surface area contributed by atoms with E-state index in [0.29, 0.717) is 18.4 Å². The van der Waals surface area contributed by atoms with Crippen molar-refractivity contribution in [3.05, 3.63) is 71.8 Å². The maximum absolute atomic E-state index is 9.97. The molecule has 0 bridgehead atoms. The summed E-state index contributed by atoms with van der Waals surface area (Å²) in [5.41, 5.74) is 3.24. The number of hydrogen-bond donors (Lipinski definition) is 1. The largest absolute Gasteiger partial charge is 0.396 e. The molecule has 0 amide bonds. The minimum Gasteiger partial charge on any atom is -0.396 e. The Morgan fingerprint density at radius 3 is 1.76 bits per heavy atom. The third kappa shape index (κ3) is 1.36. The molecular formula is C20H22O. The molecule has 4 atom stereocenters. The van der Waals surface area contributed by atoms with Gasteiger partial charge in [0.1, 0.15) is 0 Å². The molecule has 108 valence electrons. The van der Waals surface area contributed by atoms with E-state index >= 15 is 0 Å². The average Bonchev–Trinajstić information content (AvgIpc) is 2.53. The minimum atomic E-state index is 0.143. The van der Waals surface area contributed by atoms with E-state index in [2.05, 4.69) is 67.6 Å². The van der Waals surface area contributed by atoms with Gasteiger partial charge in [-0.2, -0.15) is 0 Å². The number of rotatable bonds is 3. The molecule has 2 aliphatic rings. The molecule has 2 fully saturated rings. The Morgan fingerprint density at radius 1 is 0.857 bits per heavy atom. The third-order valence-electron chi connectivity index (χ3n) is 6.50. The summed E-state index contributed by atoms with van der Waals surface area (Å²) in [5, 5.41) is 9.97. The fourth-order valence-corrected chi connectivity index (χ4v) is 5.55. The Labute approximate surface area is 126 Å². The Kier molecular flexibility index (Phi) is 2.77. The van der Waals surface area contributed by atoms with E-state index in [1.165, 1.54) is 24.0 Å². The molecule has 1 nitrogen and oxygen atoms in total. The van der Waals surface area contributed by atoms with Crippen LogP contribution in [0.1, 0.15) is 30.9 Å². The van der Waals surface area contributed by atoms with E-state index in [-0.39, 0.29) is 10.8 Å². The highest BCUT2D eigenvalue weighted by Crippen LogP contribution is 2.76. The summed E-state index contributed by atoms with van der Waals surface area (Å²) >= 11 is 0. The van der Waals surface area contributed by atoms with Gasteiger partial charge in [-0.25, -0.2) is 0 Å². The van der Waals surface area contributed by atoms with E-state index < -0.39 is 0 Å². The van der Waals surface area contributed by atoms with Gasteiger partial charge >= 0.3 is 0 Å². The predicted molar refractivity (Wildman–Crippen MR) is 85.2 cm³/mol. The summed E-state index contributed by atoms with van der Waals surface area (Å²) in [6, 6.07) is 21.8. The zero-order valence-electron chi connectivity index (χ0n) is 12.5. The first-order valence-corrected chi connectivity index (χ1v) is 7.99. The van der Waals surface area contributed by atoms with Gasteiger partial charge in [0, 0.05) is 17.4 Å². The molecule has 4 rings (SSSR count). The van der Waals surface area contributed by atoms with Crippen LogP contribution in [-0.4, -0.2) is 11.7 Å². The fraction of sp³-hybridized carbons (Fsp3) is 0.400. The number of hydrogen-bond acceptors (Lipinski definition) is 1. The van der Waals surface area contributed by atoms with Crippen molar-refractivity contribution in [1.82, 2.24) is 0 Å². The first kappa shape index (κ1) is 13.1. The predicted octanol–water partition coefficient (Wildman–Crippen LogP) is 3.91. The van der Waals surface area contributed by atoms with Crippen LogP contribution in [0.2, 0.25) is 0 Å². The lowest BCUT2D eigenvalue weighted by molar-refractivity contribution is -0.178. The first-order chi connectivity index (χ1) is 10.3. The molecule has 21 heavy (non-hydrogen) atoms. The van der Waals surface area contributed by atoms with Gasteiger partial charge in [0.15, 0.2) is 0 Å². The molecule has 0 aromatic heterocycles. The van der Waals surface area contributed by atoms with Crippen molar-refractivity contribution in [3.63, 3.8) is 0 Å². The van der Waals surface area contributed by atoms with Gasteiger partial charge in [0.25, 0.3) is 0 Å². The van der Waals surface area contributed by atoms with E-state index in [4.69, 9.17) is 0 Å². The molecule has 0 heterocycles. The maximum Gasteiger partial charge on any atom is 0.0471 e. The summed E-state index contributed by atoms with van der Waals surface area (Å²) in [5.74, 6) is 0.924. The lowest BCUT2D eigenvalue weighted by Crippen LogP contribution is -2.77. The van der Waals surface area contributed by atoms with Crippen molar-refractivity contribution >= 4 is 0 Å². The smallest absolute Gasteiger partial charge is 0.0471 e. The third-order valence-corrected chi connectivity index (χ3v) is 6.50. The van der Waals surface area contributed by atoms with Crippen LogP contribution in [-0.2, 0) is 10.8 Å². The summed E-state index contributed by atoms with van der Waals surface area (Å²) in [6.45, 7) is 2.62. The van der Waals surface area contributed by atoms with E-state index in [9.17, 15) is 5.11 Å². The quantitative estimate of drug-likeness (QED) is 0.902. The monoisotopic (exact) mass is 278 g/mol. The van der Waals surface area contributed by atoms with Crippen molar-refractivity contribution in [2.75, 3.05) is 6.61 Å². The number of fused-ring (bicyclic) bond motifs is 1. The number of aliphatic hydroxyl groups excluding tert-OH is 1. The molecule has 2 aromatic carbocycles. The highest BCUT2D eigenvalue weighted by molar-refractivity contribution is 5.51. The fourth-order valence-electron chi connectivity index (χ4n) is 5.55. The van der Waals surface area contributed by atoms with Gasteiger partial charge in [-0.1, -0.05) is 67.6 Å². The van der Waals surface area contributed by atoms with Gasteiger partial charge in [-0.05, 0) is 35.8 Å². The Balaban J connectivity index is 1.88. The second kappa shape index (κ2) is 4.45.